The number of nitrogens with zero attached hydrogens (tertiary/aromatic N) is 1. The SMILES string of the molecule is Nc1c(Cl)ccc(Cl)c1-c1nc2ccc(F)cc2o1. The van der Waals surface area contributed by atoms with Crippen LogP contribution in [-0.4, -0.2) is 4.98 Å². The summed E-state index contributed by atoms with van der Waals surface area (Å²) < 4.78 is 18.6. The minimum atomic E-state index is -0.402. The molecule has 6 heteroatoms. The molecule has 0 fully saturated rings. The molecule has 1 heterocycles. The van der Waals surface area contributed by atoms with Crippen LogP contribution in [0, 0.1) is 5.82 Å². The van der Waals surface area contributed by atoms with Gasteiger partial charge in [-0.3, -0.25) is 0 Å². The van der Waals surface area contributed by atoms with Crippen LogP contribution in [0.25, 0.3) is 22.6 Å². The molecule has 2 N–H and O–H groups in total. The number of anilines is 1. The molecule has 1 aromatic heterocycles. The summed E-state index contributed by atoms with van der Waals surface area (Å²) in [5.41, 5.74) is 7.41. The molecule has 3 aromatic rings. The lowest BCUT2D eigenvalue weighted by Crippen LogP contribution is -1.92. The Labute approximate surface area is 117 Å². The van der Waals surface area contributed by atoms with Gasteiger partial charge in [-0.2, -0.15) is 0 Å². The first-order valence-electron chi connectivity index (χ1n) is 5.36. The van der Waals surface area contributed by atoms with Crippen LogP contribution >= 0.6 is 23.2 Å². The van der Waals surface area contributed by atoms with E-state index in [2.05, 4.69) is 4.98 Å². The van der Waals surface area contributed by atoms with Gasteiger partial charge in [0.2, 0.25) is 5.89 Å². The third kappa shape index (κ3) is 2.03. The number of halogens is 3. The van der Waals surface area contributed by atoms with E-state index in [0.717, 1.165) is 0 Å². The number of hydrogen-bond acceptors (Lipinski definition) is 3. The van der Waals surface area contributed by atoms with Crippen molar-refractivity contribution < 1.29 is 8.81 Å². The van der Waals surface area contributed by atoms with Crippen molar-refractivity contribution in [3.05, 3.63) is 46.2 Å². The van der Waals surface area contributed by atoms with Crippen LogP contribution < -0.4 is 5.73 Å². The lowest BCUT2D eigenvalue weighted by molar-refractivity contribution is 0.602. The first kappa shape index (κ1) is 12.3. The zero-order valence-electron chi connectivity index (χ0n) is 9.45. The normalized spacial score (nSPS) is 11.1. The highest BCUT2D eigenvalue weighted by Crippen LogP contribution is 2.38. The van der Waals surface area contributed by atoms with Gasteiger partial charge in [-0.1, -0.05) is 23.2 Å². The number of benzene rings is 2. The lowest BCUT2D eigenvalue weighted by atomic mass is 10.2. The number of aromatic nitrogens is 1. The summed E-state index contributed by atoms with van der Waals surface area (Å²) in [4.78, 5) is 4.23. The smallest absolute Gasteiger partial charge is 0.230 e. The molecule has 0 aliphatic heterocycles. The van der Waals surface area contributed by atoms with E-state index in [1.807, 2.05) is 0 Å². The van der Waals surface area contributed by atoms with Crippen molar-refractivity contribution in [2.75, 3.05) is 5.73 Å². The fourth-order valence-electron chi connectivity index (χ4n) is 1.79. The number of oxazole rings is 1. The van der Waals surface area contributed by atoms with Crippen molar-refractivity contribution in [1.82, 2.24) is 4.98 Å². The number of hydrogen-bond donors (Lipinski definition) is 1. The van der Waals surface area contributed by atoms with Crippen LogP contribution in [0.4, 0.5) is 10.1 Å². The molecular weight excluding hydrogens is 290 g/mol. The van der Waals surface area contributed by atoms with Gasteiger partial charge < -0.3 is 10.2 Å². The van der Waals surface area contributed by atoms with Gasteiger partial charge >= 0.3 is 0 Å². The molecule has 0 bridgehead atoms. The van der Waals surface area contributed by atoms with Gasteiger partial charge in [-0.25, -0.2) is 9.37 Å². The van der Waals surface area contributed by atoms with Crippen LogP contribution in [0.2, 0.25) is 10.0 Å². The number of rotatable bonds is 1. The lowest BCUT2D eigenvalue weighted by Gasteiger charge is -2.05. The van der Waals surface area contributed by atoms with E-state index in [4.69, 9.17) is 33.4 Å². The summed E-state index contributed by atoms with van der Waals surface area (Å²) in [6.07, 6.45) is 0. The predicted molar refractivity (Wildman–Crippen MR) is 73.8 cm³/mol. The number of fused-ring (bicyclic) bond motifs is 1. The molecule has 19 heavy (non-hydrogen) atoms. The molecule has 0 amide bonds. The van der Waals surface area contributed by atoms with Gasteiger partial charge in [-0.05, 0) is 24.3 Å². The molecule has 96 valence electrons. The monoisotopic (exact) mass is 296 g/mol. The number of nitrogens with two attached hydrogens (primary N) is 1. The molecule has 0 unspecified atom stereocenters. The van der Waals surface area contributed by atoms with E-state index in [9.17, 15) is 4.39 Å². The van der Waals surface area contributed by atoms with Crippen molar-refractivity contribution in [2.45, 2.75) is 0 Å². The van der Waals surface area contributed by atoms with Gasteiger partial charge in [0.25, 0.3) is 0 Å². The maximum absolute atomic E-state index is 13.1. The van der Waals surface area contributed by atoms with Gasteiger partial charge in [0.1, 0.15) is 11.3 Å². The largest absolute Gasteiger partial charge is 0.436 e. The average Bonchev–Trinajstić information content (AvgIpc) is 2.77. The topological polar surface area (TPSA) is 52.0 Å². The van der Waals surface area contributed by atoms with E-state index >= 15 is 0 Å². The highest BCUT2D eigenvalue weighted by molar-refractivity contribution is 6.37. The van der Waals surface area contributed by atoms with Crippen LogP contribution in [0.1, 0.15) is 0 Å². The minimum absolute atomic E-state index is 0.214. The third-order valence-electron chi connectivity index (χ3n) is 2.71. The van der Waals surface area contributed by atoms with Crippen molar-refractivity contribution in [3.63, 3.8) is 0 Å². The Bertz CT molecular complexity index is 786. The zero-order chi connectivity index (χ0) is 13.6. The molecule has 0 aliphatic rings. The second-order valence-electron chi connectivity index (χ2n) is 3.95. The van der Waals surface area contributed by atoms with Gasteiger partial charge in [-0.15, -0.1) is 0 Å². The van der Waals surface area contributed by atoms with Crippen LogP contribution in [0.5, 0.6) is 0 Å². The third-order valence-corrected chi connectivity index (χ3v) is 3.35. The molecule has 0 spiro atoms. The highest BCUT2D eigenvalue weighted by Gasteiger charge is 2.17. The van der Waals surface area contributed by atoms with Crippen molar-refractivity contribution in [1.29, 1.82) is 0 Å². The van der Waals surface area contributed by atoms with Crippen molar-refractivity contribution in [2.24, 2.45) is 0 Å². The molecule has 0 saturated heterocycles. The first-order chi connectivity index (χ1) is 9.06. The quantitative estimate of drug-likeness (QED) is 0.672. The molecule has 3 rings (SSSR count). The molecule has 3 nitrogen and oxygen atoms in total. The van der Waals surface area contributed by atoms with Crippen molar-refractivity contribution in [3.8, 4) is 11.5 Å². The molecule has 0 aliphatic carbocycles. The Morgan fingerprint density at radius 3 is 2.63 bits per heavy atom. The van der Waals surface area contributed by atoms with Crippen LogP contribution in [-0.2, 0) is 0 Å². The highest BCUT2D eigenvalue weighted by atomic mass is 35.5. The van der Waals surface area contributed by atoms with Crippen LogP contribution in [0.15, 0.2) is 34.7 Å². The van der Waals surface area contributed by atoms with E-state index in [1.165, 1.54) is 18.2 Å². The Morgan fingerprint density at radius 2 is 1.84 bits per heavy atom. The van der Waals surface area contributed by atoms with E-state index in [0.29, 0.717) is 26.7 Å². The minimum Gasteiger partial charge on any atom is -0.436 e. The van der Waals surface area contributed by atoms with E-state index < -0.39 is 5.82 Å². The van der Waals surface area contributed by atoms with E-state index in [1.54, 1.807) is 12.1 Å². The van der Waals surface area contributed by atoms with Gasteiger partial charge in [0.05, 0.1) is 21.3 Å². The maximum atomic E-state index is 13.1. The first-order valence-corrected chi connectivity index (χ1v) is 6.12. The summed E-state index contributed by atoms with van der Waals surface area (Å²) in [6.45, 7) is 0. The fourth-order valence-corrected chi connectivity index (χ4v) is 2.19. The second-order valence-corrected chi connectivity index (χ2v) is 4.76. The molecular formula is C13H7Cl2FN2O. The average molecular weight is 297 g/mol. The molecule has 0 atom stereocenters. The Morgan fingerprint density at radius 1 is 1.11 bits per heavy atom. The molecule has 2 aromatic carbocycles. The summed E-state index contributed by atoms with van der Waals surface area (Å²) in [5.74, 6) is -0.189. The maximum Gasteiger partial charge on any atom is 0.230 e. The Balaban J connectivity index is 2.27. The Kier molecular flexibility index (Phi) is 2.84. The summed E-state index contributed by atoms with van der Waals surface area (Å²) in [6, 6.07) is 7.26. The van der Waals surface area contributed by atoms with Gasteiger partial charge in [0, 0.05) is 6.07 Å². The number of nitrogen functional groups attached to an aromatic ring is 1. The predicted octanol–water partition coefficient (Wildman–Crippen LogP) is 4.52. The van der Waals surface area contributed by atoms with Crippen molar-refractivity contribution >= 4 is 40.0 Å². The van der Waals surface area contributed by atoms with Gasteiger partial charge in [0.15, 0.2) is 5.58 Å². The summed E-state index contributed by atoms with van der Waals surface area (Å²) in [5, 5.41) is 0.724. The zero-order valence-corrected chi connectivity index (χ0v) is 11.0. The standard InChI is InChI=1S/C13H7Cl2FN2O/c14-7-2-3-8(15)12(17)11(7)13-18-9-4-1-6(16)5-10(9)19-13/h1-5H,17H2. The second kappa shape index (κ2) is 4.40. The summed E-state index contributed by atoms with van der Waals surface area (Å²) >= 11 is 12.0. The Hall–Kier alpha value is -1.78. The van der Waals surface area contributed by atoms with E-state index in [-0.39, 0.29) is 11.6 Å². The molecule has 0 radical (unpaired) electrons. The summed E-state index contributed by atoms with van der Waals surface area (Å²) in [7, 11) is 0. The fraction of sp³-hybridized carbons (Fsp3) is 0. The van der Waals surface area contributed by atoms with Crippen LogP contribution in [0.3, 0.4) is 0 Å². The molecule has 0 saturated carbocycles.